The van der Waals surface area contributed by atoms with Gasteiger partial charge in [-0.05, 0) is 30.2 Å². The summed E-state index contributed by atoms with van der Waals surface area (Å²) in [5, 5.41) is 12.2. The maximum absolute atomic E-state index is 11.0. The van der Waals surface area contributed by atoms with E-state index >= 15 is 0 Å². The van der Waals surface area contributed by atoms with Gasteiger partial charge in [0.15, 0.2) is 0 Å². The lowest BCUT2D eigenvalue weighted by Gasteiger charge is -2.17. The molecule has 1 unspecified atom stereocenters. The summed E-state index contributed by atoms with van der Waals surface area (Å²) in [6.45, 7) is 4.25. The van der Waals surface area contributed by atoms with Gasteiger partial charge in [-0.25, -0.2) is 0 Å². The van der Waals surface area contributed by atoms with E-state index in [1.807, 2.05) is 38.1 Å². The summed E-state index contributed by atoms with van der Waals surface area (Å²) in [6, 6.07) is 7.43. The van der Waals surface area contributed by atoms with E-state index in [1.165, 1.54) is 0 Å². The molecule has 0 bridgehead atoms. The van der Waals surface area contributed by atoms with Crippen molar-refractivity contribution in [2.75, 3.05) is 19.0 Å². The molecule has 4 heteroatoms. The molecule has 0 saturated carbocycles. The molecule has 0 fully saturated rings. The van der Waals surface area contributed by atoms with E-state index in [-0.39, 0.29) is 11.8 Å². The summed E-state index contributed by atoms with van der Waals surface area (Å²) in [5.41, 5.74) is 0.901. The van der Waals surface area contributed by atoms with Crippen LogP contribution in [0.1, 0.15) is 13.8 Å². The number of hydrogen-bond donors (Lipinski definition) is 2. The second kappa shape index (κ2) is 6.13. The predicted octanol–water partition coefficient (Wildman–Crippen LogP) is 2.46. The maximum atomic E-state index is 11.0. The molecule has 4 nitrogen and oxygen atoms in total. The number of anilines is 1. The average molecular weight is 237 g/mol. The Kier molecular flexibility index (Phi) is 4.82. The summed E-state index contributed by atoms with van der Waals surface area (Å²) in [5.74, 6) is -0.245. The smallest absolute Gasteiger partial charge is 0.308 e. The van der Waals surface area contributed by atoms with Crippen molar-refractivity contribution in [3.63, 3.8) is 0 Å². The molecule has 17 heavy (non-hydrogen) atoms. The molecule has 0 heterocycles. The van der Waals surface area contributed by atoms with E-state index < -0.39 is 5.97 Å². The molecular formula is C13H19NO3. The van der Waals surface area contributed by atoms with Gasteiger partial charge in [0.2, 0.25) is 0 Å². The van der Waals surface area contributed by atoms with E-state index in [1.54, 1.807) is 7.11 Å². The number of nitrogens with one attached hydrogen (secondary N) is 1. The van der Waals surface area contributed by atoms with Crippen molar-refractivity contribution in [2.45, 2.75) is 13.8 Å². The zero-order valence-corrected chi connectivity index (χ0v) is 10.4. The van der Waals surface area contributed by atoms with E-state index in [0.29, 0.717) is 6.54 Å². The van der Waals surface area contributed by atoms with E-state index in [0.717, 1.165) is 11.4 Å². The van der Waals surface area contributed by atoms with E-state index in [4.69, 9.17) is 9.84 Å². The first-order valence-electron chi connectivity index (χ1n) is 5.65. The van der Waals surface area contributed by atoms with Crippen LogP contribution >= 0.6 is 0 Å². The normalized spacial score (nSPS) is 12.2. The Hall–Kier alpha value is -1.71. The number of aliphatic carboxylic acids is 1. The fraction of sp³-hybridized carbons (Fsp3) is 0.462. The number of methoxy groups -OCH3 is 1. The molecule has 0 saturated heterocycles. The molecule has 1 atom stereocenters. The van der Waals surface area contributed by atoms with Gasteiger partial charge in [-0.3, -0.25) is 4.79 Å². The molecular weight excluding hydrogens is 218 g/mol. The van der Waals surface area contributed by atoms with Gasteiger partial charge < -0.3 is 15.2 Å². The highest BCUT2D eigenvalue weighted by Gasteiger charge is 2.20. The lowest BCUT2D eigenvalue weighted by Crippen LogP contribution is -2.27. The Balaban J connectivity index is 2.56. The van der Waals surface area contributed by atoms with Crippen molar-refractivity contribution in [2.24, 2.45) is 11.8 Å². The van der Waals surface area contributed by atoms with E-state index in [2.05, 4.69) is 5.32 Å². The summed E-state index contributed by atoms with van der Waals surface area (Å²) in [6.07, 6.45) is 0. The Morgan fingerprint density at radius 2 is 1.94 bits per heavy atom. The molecule has 1 aromatic carbocycles. The molecule has 94 valence electrons. The Labute approximate surface area is 102 Å². The fourth-order valence-electron chi connectivity index (χ4n) is 1.54. The molecule has 0 spiro atoms. The highest BCUT2D eigenvalue weighted by Crippen LogP contribution is 2.17. The number of hydrogen-bond acceptors (Lipinski definition) is 3. The first-order valence-corrected chi connectivity index (χ1v) is 5.65. The van der Waals surface area contributed by atoms with Crippen LogP contribution in [0.3, 0.4) is 0 Å². The van der Waals surface area contributed by atoms with Gasteiger partial charge in [0.25, 0.3) is 0 Å². The third-order valence-corrected chi connectivity index (χ3v) is 2.74. The molecule has 2 N–H and O–H groups in total. The number of rotatable bonds is 6. The Bertz CT molecular complexity index is 359. The summed E-state index contributed by atoms with van der Waals surface area (Å²) in [4.78, 5) is 11.0. The molecule has 0 aromatic heterocycles. The summed E-state index contributed by atoms with van der Waals surface area (Å²) in [7, 11) is 1.61. The van der Waals surface area contributed by atoms with Crippen LogP contribution in [0.15, 0.2) is 24.3 Å². The van der Waals surface area contributed by atoms with Crippen LogP contribution in [0.4, 0.5) is 5.69 Å². The highest BCUT2D eigenvalue weighted by atomic mass is 16.5. The SMILES string of the molecule is COc1ccc(NCC(C(=O)O)C(C)C)cc1. The number of benzene rings is 1. The van der Waals surface area contributed by atoms with Crippen LogP contribution in [0.5, 0.6) is 5.75 Å². The van der Waals surface area contributed by atoms with Gasteiger partial charge in [0, 0.05) is 12.2 Å². The van der Waals surface area contributed by atoms with Crippen molar-refractivity contribution in [3.05, 3.63) is 24.3 Å². The molecule has 0 amide bonds. The molecule has 0 aliphatic rings. The summed E-state index contributed by atoms with van der Waals surface area (Å²) < 4.78 is 5.05. The average Bonchev–Trinajstić information content (AvgIpc) is 2.29. The Morgan fingerprint density at radius 1 is 1.35 bits per heavy atom. The standard InChI is InChI=1S/C13H19NO3/c1-9(2)12(13(15)16)8-14-10-4-6-11(17-3)7-5-10/h4-7,9,12,14H,8H2,1-3H3,(H,15,16). The van der Waals surface area contributed by atoms with Crippen LogP contribution in [0, 0.1) is 11.8 Å². The topological polar surface area (TPSA) is 58.6 Å². The number of carbonyl (C=O) groups is 1. The first-order chi connectivity index (χ1) is 8.04. The summed E-state index contributed by atoms with van der Waals surface area (Å²) >= 11 is 0. The van der Waals surface area contributed by atoms with Crippen LogP contribution in [-0.4, -0.2) is 24.7 Å². The Morgan fingerprint density at radius 3 is 2.35 bits per heavy atom. The molecule has 1 rings (SSSR count). The van der Waals surface area contributed by atoms with Crippen molar-refractivity contribution in [3.8, 4) is 5.75 Å². The van der Waals surface area contributed by atoms with Crippen molar-refractivity contribution >= 4 is 11.7 Å². The lowest BCUT2D eigenvalue weighted by molar-refractivity contribution is -0.142. The largest absolute Gasteiger partial charge is 0.497 e. The number of ether oxygens (including phenoxy) is 1. The van der Waals surface area contributed by atoms with Gasteiger partial charge in [0.1, 0.15) is 5.75 Å². The highest BCUT2D eigenvalue weighted by molar-refractivity contribution is 5.71. The first kappa shape index (κ1) is 13.4. The minimum Gasteiger partial charge on any atom is -0.497 e. The van der Waals surface area contributed by atoms with Gasteiger partial charge in [-0.2, -0.15) is 0 Å². The van der Waals surface area contributed by atoms with Crippen LogP contribution in [0.25, 0.3) is 0 Å². The van der Waals surface area contributed by atoms with Gasteiger partial charge >= 0.3 is 5.97 Å². The van der Waals surface area contributed by atoms with E-state index in [9.17, 15) is 4.79 Å². The second-order valence-corrected chi connectivity index (χ2v) is 4.30. The fourth-order valence-corrected chi connectivity index (χ4v) is 1.54. The number of carboxylic acids is 1. The monoisotopic (exact) mass is 237 g/mol. The third kappa shape index (κ3) is 3.98. The zero-order chi connectivity index (χ0) is 12.8. The quantitative estimate of drug-likeness (QED) is 0.798. The minimum absolute atomic E-state index is 0.109. The van der Waals surface area contributed by atoms with Crippen molar-refractivity contribution < 1.29 is 14.6 Å². The minimum atomic E-state index is -0.763. The maximum Gasteiger partial charge on any atom is 0.308 e. The van der Waals surface area contributed by atoms with Crippen LogP contribution < -0.4 is 10.1 Å². The predicted molar refractivity (Wildman–Crippen MR) is 67.4 cm³/mol. The van der Waals surface area contributed by atoms with Crippen molar-refractivity contribution in [1.82, 2.24) is 0 Å². The third-order valence-electron chi connectivity index (χ3n) is 2.74. The molecule has 0 aliphatic heterocycles. The molecule has 0 radical (unpaired) electrons. The van der Waals surface area contributed by atoms with Gasteiger partial charge in [-0.15, -0.1) is 0 Å². The molecule has 1 aromatic rings. The van der Waals surface area contributed by atoms with Crippen molar-refractivity contribution in [1.29, 1.82) is 0 Å². The lowest BCUT2D eigenvalue weighted by atomic mass is 9.96. The van der Waals surface area contributed by atoms with Crippen LogP contribution in [-0.2, 0) is 4.79 Å². The number of carboxylic acid groups (broad SMARTS) is 1. The van der Waals surface area contributed by atoms with Gasteiger partial charge in [0.05, 0.1) is 13.0 Å². The van der Waals surface area contributed by atoms with Gasteiger partial charge in [-0.1, -0.05) is 13.8 Å². The zero-order valence-electron chi connectivity index (χ0n) is 10.4. The molecule has 0 aliphatic carbocycles. The second-order valence-electron chi connectivity index (χ2n) is 4.30. The van der Waals surface area contributed by atoms with Crippen LogP contribution in [0.2, 0.25) is 0 Å².